The summed E-state index contributed by atoms with van der Waals surface area (Å²) in [5.74, 6) is 0.999. The van der Waals surface area contributed by atoms with Crippen LogP contribution in [0.2, 0.25) is 0 Å². The second-order valence-electron chi connectivity index (χ2n) is 9.11. The number of hydrogen-bond donors (Lipinski definition) is 5. The van der Waals surface area contributed by atoms with Crippen LogP contribution in [0.15, 0.2) is 24.3 Å². The number of amides is 4. The number of terminal acetylenes is 1. The van der Waals surface area contributed by atoms with Gasteiger partial charge in [-0.3, -0.25) is 14.4 Å². The molecule has 1 saturated heterocycles. The van der Waals surface area contributed by atoms with Crippen molar-refractivity contribution in [3.63, 3.8) is 0 Å². The average molecular weight is 473 g/mol. The van der Waals surface area contributed by atoms with Crippen LogP contribution in [0.3, 0.4) is 0 Å². The van der Waals surface area contributed by atoms with Crippen LogP contribution in [0.5, 0.6) is 0 Å². The molecule has 0 bridgehead atoms. The van der Waals surface area contributed by atoms with Gasteiger partial charge in [0.25, 0.3) is 0 Å². The summed E-state index contributed by atoms with van der Waals surface area (Å²) < 4.78 is 0. The van der Waals surface area contributed by atoms with Gasteiger partial charge < -0.3 is 31.1 Å². The van der Waals surface area contributed by atoms with Gasteiger partial charge in [0.15, 0.2) is 0 Å². The molecule has 5 N–H and O–H groups in total. The number of benzene rings is 1. The smallest absolute Gasteiger partial charge is 0.405 e. The van der Waals surface area contributed by atoms with E-state index in [0.717, 1.165) is 5.56 Å². The highest BCUT2D eigenvalue weighted by Crippen LogP contribution is 2.30. The first-order valence-electron chi connectivity index (χ1n) is 10.9. The van der Waals surface area contributed by atoms with E-state index >= 15 is 0 Å². The van der Waals surface area contributed by atoms with Crippen LogP contribution in [-0.4, -0.2) is 70.7 Å². The monoisotopic (exact) mass is 472 g/mol. The third-order valence-corrected chi connectivity index (χ3v) is 5.99. The zero-order valence-electron chi connectivity index (χ0n) is 19.8. The van der Waals surface area contributed by atoms with Gasteiger partial charge >= 0.3 is 6.09 Å². The van der Waals surface area contributed by atoms with E-state index < -0.39 is 47.6 Å². The first-order valence-corrected chi connectivity index (χ1v) is 10.9. The summed E-state index contributed by atoms with van der Waals surface area (Å²) in [6.45, 7) is 4.83. The number of carbonyl (C=O) groups is 4. The molecule has 0 saturated carbocycles. The predicted molar refractivity (Wildman–Crippen MR) is 124 cm³/mol. The molecule has 0 radical (unpaired) electrons. The fraction of sp³-hybridized carbons (Fsp3) is 0.500. The number of hydrogen-bond acceptors (Lipinski definition) is 5. The molecule has 0 spiro atoms. The first-order chi connectivity index (χ1) is 15.9. The van der Waals surface area contributed by atoms with Crippen LogP contribution in [0.4, 0.5) is 4.79 Å². The van der Waals surface area contributed by atoms with Gasteiger partial charge in [-0.25, -0.2) is 4.79 Å². The minimum atomic E-state index is -1.44. The van der Waals surface area contributed by atoms with Crippen LogP contribution >= 0.6 is 0 Å². The second kappa shape index (κ2) is 11.0. The Morgan fingerprint density at radius 3 is 2.35 bits per heavy atom. The predicted octanol–water partition coefficient (Wildman–Crippen LogP) is 0.605. The first kappa shape index (κ1) is 26.7. The Balaban J connectivity index is 2.23. The lowest BCUT2D eigenvalue weighted by atomic mass is 9.80. The molecular weight excluding hydrogens is 440 g/mol. The normalized spacial score (nSPS) is 19.5. The van der Waals surface area contributed by atoms with Gasteiger partial charge in [0.05, 0.1) is 12.1 Å². The van der Waals surface area contributed by atoms with Crippen molar-refractivity contribution in [2.24, 2.45) is 5.41 Å². The highest BCUT2D eigenvalue weighted by molar-refractivity contribution is 5.93. The summed E-state index contributed by atoms with van der Waals surface area (Å²) in [6, 6.07) is 4.39. The molecule has 4 atom stereocenters. The maximum atomic E-state index is 13.4. The summed E-state index contributed by atoms with van der Waals surface area (Å²) in [4.78, 5) is 51.1. The number of likely N-dealkylation sites (tertiary alicyclic amines) is 1. The zero-order valence-corrected chi connectivity index (χ0v) is 19.8. The molecule has 1 aliphatic rings. The number of aliphatic hydroxyl groups is 1. The van der Waals surface area contributed by atoms with Crippen LogP contribution < -0.4 is 16.0 Å². The third kappa shape index (κ3) is 6.48. The molecule has 1 heterocycles. The minimum Gasteiger partial charge on any atom is -0.465 e. The van der Waals surface area contributed by atoms with E-state index in [1.165, 1.54) is 11.9 Å². The Bertz CT molecular complexity index is 969. The lowest BCUT2D eigenvalue weighted by molar-refractivity contribution is -0.143. The molecule has 10 nitrogen and oxygen atoms in total. The number of aliphatic hydroxyl groups excluding tert-OH is 1. The van der Waals surface area contributed by atoms with Crippen LogP contribution in [0.1, 0.15) is 50.8 Å². The Hall–Kier alpha value is -3.58. The van der Waals surface area contributed by atoms with Gasteiger partial charge in [-0.05, 0) is 24.6 Å². The Morgan fingerprint density at radius 2 is 1.82 bits per heavy atom. The van der Waals surface area contributed by atoms with Gasteiger partial charge in [-0.15, -0.1) is 6.42 Å². The summed E-state index contributed by atoms with van der Waals surface area (Å²) in [7, 11) is 1.44. The number of carbonyl (C=O) groups excluding carboxylic acids is 3. The van der Waals surface area contributed by atoms with Gasteiger partial charge in [0, 0.05) is 37.4 Å². The van der Waals surface area contributed by atoms with Crippen molar-refractivity contribution < 1.29 is 29.4 Å². The quantitative estimate of drug-likeness (QED) is 0.350. The maximum Gasteiger partial charge on any atom is 0.405 e. The van der Waals surface area contributed by atoms with Gasteiger partial charge in [0.2, 0.25) is 17.7 Å². The van der Waals surface area contributed by atoms with Crippen LogP contribution in [-0.2, 0) is 14.4 Å². The van der Waals surface area contributed by atoms with E-state index in [0.29, 0.717) is 5.56 Å². The summed E-state index contributed by atoms with van der Waals surface area (Å²) in [5.41, 5.74) is 0.408. The minimum absolute atomic E-state index is 0.00991. The van der Waals surface area contributed by atoms with Gasteiger partial charge in [-0.2, -0.15) is 0 Å². The summed E-state index contributed by atoms with van der Waals surface area (Å²) in [6.07, 6.45) is 2.87. The molecule has 1 fully saturated rings. The zero-order chi connectivity index (χ0) is 25.6. The summed E-state index contributed by atoms with van der Waals surface area (Å²) >= 11 is 0. The second-order valence-corrected chi connectivity index (χ2v) is 9.11. The molecule has 1 aromatic carbocycles. The largest absolute Gasteiger partial charge is 0.465 e. The number of carboxylic acid groups (broad SMARTS) is 1. The number of nitrogens with one attached hydrogen (secondary N) is 3. The molecule has 34 heavy (non-hydrogen) atoms. The molecule has 2 unspecified atom stereocenters. The van der Waals surface area contributed by atoms with Crippen molar-refractivity contribution in [1.82, 2.24) is 20.9 Å². The Morgan fingerprint density at radius 1 is 1.21 bits per heavy atom. The maximum absolute atomic E-state index is 13.4. The van der Waals surface area contributed by atoms with E-state index in [1.807, 2.05) is 0 Å². The highest BCUT2D eigenvalue weighted by Gasteiger charge is 2.46. The van der Waals surface area contributed by atoms with Crippen molar-refractivity contribution in [2.75, 3.05) is 13.6 Å². The molecule has 4 amide bonds. The van der Waals surface area contributed by atoms with Gasteiger partial charge in [-0.1, -0.05) is 31.9 Å². The molecular formula is C24H32N4O6. The topological polar surface area (TPSA) is 148 Å². The molecule has 2 rings (SSSR count). The van der Waals surface area contributed by atoms with Crippen molar-refractivity contribution in [3.05, 3.63) is 35.4 Å². The van der Waals surface area contributed by atoms with Crippen molar-refractivity contribution in [2.45, 2.75) is 57.8 Å². The fourth-order valence-electron chi connectivity index (χ4n) is 4.05. The lowest BCUT2D eigenvalue weighted by Crippen LogP contribution is -2.58. The molecule has 184 valence electrons. The Kier molecular flexibility index (Phi) is 8.65. The molecule has 10 heteroatoms. The van der Waals surface area contributed by atoms with E-state index in [2.05, 4.69) is 21.9 Å². The van der Waals surface area contributed by atoms with Crippen molar-refractivity contribution >= 4 is 23.8 Å². The van der Waals surface area contributed by atoms with E-state index in [9.17, 15) is 29.4 Å². The lowest BCUT2D eigenvalue weighted by Gasteiger charge is -2.36. The number of rotatable bonds is 8. The Labute approximate surface area is 199 Å². The SMILES string of the molecule is C#Cc1ccc(C(C)NC(=O)[C@@H]2C[C@@H](O)CN2C(=O)C(NC(=O)O)C(C)(C)CC(=O)NC)cc1. The third-order valence-electron chi connectivity index (χ3n) is 5.99. The molecule has 1 aliphatic heterocycles. The van der Waals surface area contributed by atoms with Crippen molar-refractivity contribution in [3.8, 4) is 12.3 Å². The highest BCUT2D eigenvalue weighted by atomic mass is 16.4. The average Bonchev–Trinajstić information content (AvgIpc) is 3.18. The molecule has 0 aliphatic carbocycles. The molecule has 0 aromatic heterocycles. The van der Waals surface area contributed by atoms with Gasteiger partial charge in [0.1, 0.15) is 12.1 Å². The molecule has 1 aromatic rings. The number of nitrogens with zero attached hydrogens (tertiary/aromatic N) is 1. The van der Waals surface area contributed by atoms with E-state index in [1.54, 1.807) is 45.0 Å². The standard InChI is InChI=1S/C24H32N4O6/c1-6-15-7-9-16(10-8-15)14(2)26-21(31)18-11-17(29)13-28(18)22(32)20(27-23(33)34)24(3,4)12-19(30)25-5/h1,7-10,14,17-18,20,27,29H,11-13H2,2-5H3,(H,25,30)(H,26,31)(H,33,34)/t14?,17-,18+,20?/m1/s1. The fourth-order valence-corrected chi connectivity index (χ4v) is 4.05. The number of β-amino-alcohol motifs (C(OH)–C–C–N with tert-alkyl or cyclic N) is 1. The van der Waals surface area contributed by atoms with Crippen molar-refractivity contribution in [1.29, 1.82) is 0 Å². The van der Waals surface area contributed by atoms with E-state index in [-0.39, 0.29) is 25.3 Å². The van der Waals surface area contributed by atoms with E-state index in [4.69, 9.17) is 6.42 Å². The van der Waals surface area contributed by atoms with Crippen LogP contribution in [0.25, 0.3) is 0 Å². The summed E-state index contributed by atoms with van der Waals surface area (Å²) in [5, 5.41) is 27.0. The van der Waals surface area contributed by atoms with Crippen LogP contribution in [0, 0.1) is 17.8 Å².